The number of piperazine rings is 1. The second-order valence-electron chi connectivity index (χ2n) is 5.22. The number of thiophene rings is 1. The predicted octanol–water partition coefficient (Wildman–Crippen LogP) is 3.05. The molecule has 3 rings (SSSR count). The van der Waals surface area contributed by atoms with Gasteiger partial charge in [-0.25, -0.2) is 8.42 Å². The first kappa shape index (κ1) is 16.0. The lowest BCUT2D eigenvalue weighted by Gasteiger charge is -2.35. The van der Waals surface area contributed by atoms with E-state index in [-0.39, 0.29) is 6.04 Å². The predicted molar refractivity (Wildman–Crippen MR) is 90.0 cm³/mol. The number of benzene rings is 1. The van der Waals surface area contributed by atoms with Crippen molar-refractivity contribution in [3.8, 4) is 0 Å². The Labute approximate surface area is 139 Å². The molecule has 118 valence electrons. The quantitative estimate of drug-likeness (QED) is 0.919. The average Bonchev–Trinajstić information content (AvgIpc) is 2.95. The van der Waals surface area contributed by atoms with Crippen LogP contribution in [0.4, 0.5) is 0 Å². The van der Waals surface area contributed by atoms with Crippen molar-refractivity contribution in [3.05, 3.63) is 51.9 Å². The van der Waals surface area contributed by atoms with Gasteiger partial charge in [-0.2, -0.15) is 4.31 Å². The van der Waals surface area contributed by atoms with Gasteiger partial charge in [0.05, 0.1) is 6.04 Å². The summed E-state index contributed by atoms with van der Waals surface area (Å²) in [7, 11) is -3.50. The normalized spacial score (nSPS) is 20.2. The highest BCUT2D eigenvalue weighted by atomic mass is 35.5. The smallest absolute Gasteiger partial charge is 0.253 e. The zero-order valence-electron chi connectivity index (χ0n) is 12.1. The minimum atomic E-state index is -3.50. The third kappa shape index (κ3) is 2.94. The summed E-state index contributed by atoms with van der Waals surface area (Å²) in [6, 6.07) is 10.7. The fourth-order valence-electron chi connectivity index (χ4n) is 2.65. The molecule has 2 heterocycles. The van der Waals surface area contributed by atoms with Crippen LogP contribution in [0, 0.1) is 6.92 Å². The van der Waals surface area contributed by atoms with Crippen molar-refractivity contribution >= 4 is 33.0 Å². The van der Waals surface area contributed by atoms with E-state index in [4.69, 9.17) is 11.6 Å². The Morgan fingerprint density at radius 2 is 2.05 bits per heavy atom. The molecular weight excluding hydrogens is 340 g/mol. The molecule has 7 heteroatoms. The van der Waals surface area contributed by atoms with Crippen molar-refractivity contribution in [2.45, 2.75) is 17.2 Å². The molecule has 0 saturated carbocycles. The highest BCUT2D eigenvalue weighted by molar-refractivity contribution is 7.91. The van der Waals surface area contributed by atoms with Crippen LogP contribution in [-0.2, 0) is 10.0 Å². The summed E-state index contributed by atoms with van der Waals surface area (Å²) in [5, 5.41) is 3.85. The van der Waals surface area contributed by atoms with E-state index in [1.807, 2.05) is 31.2 Å². The van der Waals surface area contributed by atoms with E-state index >= 15 is 0 Å². The Bertz CT molecular complexity index is 773. The molecule has 0 radical (unpaired) electrons. The largest absolute Gasteiger partial charge is 0.313 e. The van der Waals surface area contributed by atoms with Crippen molar-refractivity contribution < 1.29 is 8.42 Å². The van der Waals surface area contributed by atoms with Crippen molar-refractivity contribution in [1.82, 2.24) is 9.62 Å². The first-order chi connectivity index (χ1) is 10.5. The summed E-state index contributed by atoms with van der Waals surface area (Å²) in [4.78, 5) is 0.989. The van der Waals surface area contributed by atoms with Crippen LogP contribution in [0.25, 0.3) is 0 Å². The number of nitrogens with zero attached hydrogens (tertiary/aromatic N) is 1. The zero-order chi connectivity index (χ0) is 15.7. The van der Waals surface area contributed by atoms with Gasteiger partial charge < -0.3 is 5.32 Å². The average molecular weight is 357 g/mol. The molecule has 1 N–H and O–H groups in total. The van der Waals surface area contributed by atoms with Gasteiger partial charge in [-0.15, -0.1) is 11.3 Å². The molecule has 4 nitrogen and oxygen atoms in total. The third-order valence-electron chi connectivity index (χ3n) is 3.74. The Hall–Kier alpha value is -0.920. The molecule has 0 spiro atoms. The second-order valence-corrected chi connectivity index (χ2v) is 9.03. The SMILES string of the molecule is Cc1ccc(S(=O)(=O)N2CCNCC2c2ccccc2Cl)s1. The number of halogens is 1. The fraction of sp³-hybridized carbons (Fsp3) is 0.333. The first-order valence-electron chi connectivity index (χ1n) is 7.03. The van der Waals surface area contributed by atoms with Crippen molar-refractivity contribution in [3.63, 3.8) is 0 Å². The van der Waals surface area contributed by atoms with Gasteiger partial charge in [0.15, 0.2) is 0 Å². The number of sulfonamides is 1. The van der Waals surface area contributed by atoms with Crippen LogP contribution in [0.3, 0.4) is 0 Å². The van der Waals surface area contributed by atoms with E-state index in [0.717, 1.165) is 10.4 Å². The summed E-state index contributed by atoms with van der Waals surface area (Å²) in [5.41, 5.74) is 0.841. The van der Waals surface area contributed by atoms with Crippen LogP contribution in [0.1, 0.15) is 16.5 Å². The number of rotatable bonds is 3. The molecule has 22 heavy (non-hydrogen) atoms. The Balaban J connectivity index is 2.02. The molecule has 2 aromatic rings. The van der Waals surface area contributed by atoms with Crippen LogP contribution in [0.5, 0.6) is 0 Å². The monoisotopic (exact) mass is 356 g/mol. The van der Waals surface area contributed by atoms with Crippen LogP contribution < -0.4 is 5.32 Å². The molecule has 0 aliphatic carbocycles. The molecule has 0 bridgehead atoms. The van der Waals surface area contributed by atoms with Gasteiger partial charge in [0.25, 0.3) is 10.0 Å². The van der Waals surface area contributed by atoms with Gasteiger partial charge in [0.1, 0.15) is 4.21 Å². The summed E-state index contributed by atoms with van der Waals surface area (Å²) in [5.74, 6) is 0. The van der Waals surface area contributed by atoms with Crippen molar-refractivity contribution in [1.29, 1.82) is 0 Å². The minimum Gasteiger partial charge on any atom is -0.313 e. The maximum absolute atomic E-state index is 13.0. The zero-order valence-corrected chi connectivity index (χ0v) is 14.5. The number of hydrogen-bond acceptors (Lipinski definition) is 4. The number of aryl methyl sites for hydroxylation is 1. The third-order valence-corrected chi connectivity index (χ3v) is 7.46. The molecule has 1 saturated heterocycles. The van der Waals surface area contributed by atoms with Crippen LogP contribution in [0.2, 0.25) is 5.02 Å². The van der Waals surface area contributed by atoms with Gasteiger partial charge in [-0.1, -0.05) is 29.8 Å². The molecule has 1 aromatic carbocycles. The fourth-order valence-corrected chi connectivity index (χ4v) is 5.93. The minimum absolute atomic E-state index is 0.283. The van der Waals surface area contributed by atoms with Gasteiger partial charge in [-0.05, 0) is 30.7 Å². The lowest BCUT2D eigenvalue weighted by atomic mass is 10.1. The van der Waals surface area contributed by atoms with E-state index < -0.39 is 10.0 Å². The van der Waals surface area contributed by atoms with Crippen LogP contribution in [0.15, 0.2) is 40.6 Å². The molecule has 1 aliphatic heterocycles. The van der Waals surface area contributed by atoms with E-state index in [2.05, 4.69) is 5.32 Å². The summed E-state index contributed by atoms with van der Waals surface area (Å²) >= 11 is 7.58. The van der Waals surface area contributed by atoms with Gasteiger partial charge >= 0.3 is 0 Å². The maximum atomic E-state index is 13.0. The van der Waals surface area contributed by atoms with Gasteiger partial charge in [-0.3, -0.25) is 0 Å². The summed E-state index contributed by atoms with van der Waals surface area (Å²) < 4.78 is 27.9. The highest BCUT2D eigenvalue weighted by Gasteiger charge is 2.35. The lowest BCUT2D eigenvalue weighted by Crippen LogP contribution is -2.48. The first-order valence-corrected chi connectivity index (χ1v) is 9.67. The van der Waals surface area contributed by atoms with E-state index in [0.29, 0.717) is 28.9 Å². The van der Waals surface area contributed by atoms with Crippen molar-refractivity contribution in [2.24, 2.45) is 0 Å². The molecule has 1 unspecified atom stereocenters. The van der Waals surface area contributed by atoms with Gasteiger partial charge in [0, 0.05) is 29.5 Å². The summed E-state index contributed by atoms with van der Waals surface area (Å²) in [6.45, 7) is 3.56. The van der Waals surface area contributed by atoms with Crippen LogP contribution in [-0.4, -0.2) is 32.4 Å². The van der Waals surface area contributed by atoms with E-state index in [1.54, 1.807) is 16.4 Å². The lowest BCUT2D eigenvalue weighted by molar-refractivity contribution is 0.272. The standard InChI is InChI=1S/C15H17ClN2O2S2/c1-11-6-7-15(21-11)22(19,20)18-9-8-17-10-14(18)12-4-2-3-5-13(12)16/h2-7,14,17H,8-10H2,1H3. The molecule has 1 fully saturated rings. The molecule has 1 aromatic heterocycles. The molecule has 1 aliphatic rings. The Kier molecular flexibility index (Phi) is 4.56. The Morgan fingerprint density at radius 1 is 1.27 bits per heavy atom. The molecular formula is C15H17ClN2O2S2. The van der Waals surface area contributed by atoms with Crippen LogP contribution >= 0.6 is 22.9 Å². The Morgan fingerprint density at radius 3 is 2.73 bits per heavy atom. The topological polar surface area (TPSA) is 49.4 Å². The van der Waals surface area contributed by atoms with E-state index in [1.165, 1.54) is 11.3 Å². The van der Waals surface area contributed by atoms with Crippen molar-refractivity contribution in [2.75, 3.05) is 19.6 Å². The number of hydrogen-bond donors (Lipinski definition) is 1. The molecule has 1 atom stereocenters. The molecule has 0 amide bonds. The maximum Gasteiger partial charge on any atom is 0.253 e. The van der Waals surface area contributed by atoms with Gasteiger partial charge in [0.2, 0.25) is 0 Å². The highest BCUT2D eigenvalue weighted by Crippen LogP contribution is 2.34. The summed E-state index contributed by atoms with van der Waals surface area (Å²) in [6.07, 6.45) is 0. The second kappa shape index (κ2) is 6.29. The number of nitrogens with one attached hydrogen (secondary N) is 1. The van der Waals surface area contributed by atoms with E-state index in [9.17, 15) is 8.42 Å².